The van der Waals surface area contributed by atoms with Gasteiger partial charge in [-0.25, -0.2) is 0 Å². The molecule has 4 heteroatoms. The Morgan fingerprint density at radius 1 is 1.26 bits per heavy atom. The molecule has 1 saturated heterocycles. The third kappa shape index (κ3) is 6.62. The number of piperidine rings is 1. The van der Waals surface area contributed by atoms with Crippen molar-refractivity contribution in [2.24, 2.45) is 17.8 Å². The van der Waals surface area contributed by atoms with E-state index in [0.29, 0.717) is 5.91 Å². The van der Waals surface area contributed by atoms with E-state index in [-0.39, 0.29) is 18.3 Å². The first kappa shape index (κ1) is 18.7. The maximum atomic E-state index is 12.1. The Labute approximate surface area is 124 Å². The summed E-state index contributed by atoms with van der Waals surface area (Å²) in [6.45, 7) is 9.32. The summed E-state index contributed by atoms with van der Waals surface area (Å²) in [7, 11) is 1.90. The van der Waals surface area contributed by atoms with Gasteiger partial charge in [-0.15, -0.1) is 12.4 Å². The highest BCUT2D eigenvalue weighted by Crippen LogP contribution is 2.24. The Morgan fingerprint density at radius 2 is 1.84 bits per heavy atom. The van der Waals surface area contributed by atoms with Gasteiger partial charge in [0, 0.05) is 25.6 Å². The van der Waals surface area contributed by atoms with Gasteiger partial charge >= 0.3 is 0 Å². The van der Waals surface area contributed by atoms with Gasteiger partial charge in [0.15, 0.2) is 0 Å². The quantitative estimate of drug-likeness (QED) is 0.816. The molecule has 0 spiro atoms. The molecule has 1 atom stereocenters. The summed E-state index contributed by atoms with van der Waals surface area (Å²) >= 11 is 0. The van der Waals surface area contributed by atoms with E-state index in [0.717, 1.165) is 31.5 Å². The van der Waals surface area contributed by atoms with E-state index in [1.165, 1.54) is 25.7 Å². The molecule has 1 heterocycles. The Kier molecular flexibility index (Phi) is 9.46. The molecular formula is C15H31ClN2O. The van der Waals surface area contributed by atoms with Gasteiger partial charge in [0.05, 0.1) is 0 Å². The van der Waals surface area contributed by atoms with Crippen LogP contribution >= 0.6 is 12.4 Å². The average molecular weight is 291 g/mol. The van der Waals surface area contributed by atoms with Gasteiger partial charge in [0.25, 0.3) is 0 Å². The van der Waals surface area contributed by atoms with Crippen molar-refractivity contribution in [2.75, 3.05) is 26.7 Å². The van der Waals surface area contributed by atoms with Crippen molar-refractivity contribution < 1.29 is 4.79 Å². The second kappa shape index (κ2) is 9.60. The summed E-state index contributed by atoms with van der Waals surface area (Å²) in [6, 6.07) is 0. The molecule has 1 rings (SSSR count). The van der Waals surface area contributed by atoms with E-state index in [1.807, 2.05) is 14.0 Å². The van der Waals surface area contributed by atoms with Gasteiger partial charge in [0.1, 0.15) is 0 Å². The number of likely N-dealkylation sites (tertiary alicyclic amines) is 1. The van der Waals surface area contributed by atoms with Crippen LogP contribution < -0.4 is 5.32 Å². The molecule has 0 aromatic heterocycles. The third-order valence-corrected chi connectivity index (χ3v) is 4.01. The molecule has 114 valence electrons. The number of nitrogens with one attached hydrogen (secondary N) is 1. The zero-order chi connectivity index (χ0) is 13.5. The van der Waals surface area contributed by atoms with Crippen molar-refractivity contribution in [3.8, 4) is 0 Å². The smallest absolute Gasteiger partial charge is 0.226 e. The number of carbonyl (C=O) groups excluding carboxylic acids is 1. The molecule has 19 heavy (non-hydrogen) atoms. The van der Waals surface area contributed by atoms with Crippen LogP contribution in [0.2, 0.25) is 0 Å². The zero-order valence-electron chi connectivity index (χ0n) is 12.9. The van der Waals surface area contributed by atoms with Gasteiger partial charge < -0.3 is 10.2 Å². The Morgan fingerprint density at radius 3 is 2.32 bits per heavy atom. The molecule has 1 aliphatic heterocycles. The van der Waals surface area contributed by atoms with Crippen LogP contribution in [0.4, 0.5) is 0 Å². The van der Waals surface area contributed by atoms with E-state index >= 15 is 0 Å². The van der Waals surface area contributed by atoms with E-state index in [4.69, 9.17) is 0 Å². The summed E-state index contributed by atoms with van der Waals surface area (Å²) in [5, 5.41) is 3.08. The maximum absolute atomic E-state index is 12.1. The lowest BCUT2D eigenvalue weighted by atomic mass is 9.89. The number of rotatable bonds is 6. The molecule has 3 nitrogen and oxygen atoms in total. The zero-order valence-corrected chi connectivity index (χ0v) is 13.8. The lowest BCUT2D eigenvalue weighted by Crippen LogP contribution is -2.43. The maximum Gasteiger partial charge on any atom is 0.226 e. The van der Waals surface area contributed by atoms with Crippen molar-refractivity contribution in [3.05, 3.63) is 0 Å². The standard InChI is InChI=1S/C15H30N2O.ClH/c1-12(2)5-6-14-7-9-17(10-8-14)15(18)13(3)11-16-4;/h12-14,16H,5-11H2,1-4H3;1H. The number of amides is 1. The van der Waals surface area contributed by atoms with Crippen LogP contribution in [-0.2, 0) is 4.79 Å². The van der Waals surface area contributed by atoms with E-state index < -0.39 is 0 Å². The van der Waals surface area contributed by atoms with E-state index in [2.05, 4.69) is 24.1 Å². The minimum Gasteiger partial charge on any atom is -0.342 e. The first-order valence-corrected chi connectivity index (χ1v) is 7.48. The molecule has 1 amide bonds. The highest BCUT2D eigenvalue weighted by Gasteiger charge is 2.25. The van der Waals surface area contributed by atoms with Crippen LogP contribution in [0.3, 0.4) is 0 Å². The molecule has 1 aliphatic rings. The Bertz CT molecular complexity index is 251. The first-order chi connectivity index (χ1) is 8.54. The minimum absolute atomic E-state index is 0. The van der Waals surface area contributed by atoms with E-state index in [1.54, 1.807) is 0 Å². The number of hydrogen-bond donors (Lipinski definition) is 1. The predicted molar refractivity (Wildman–Crippen MR) is 83.7 cm³/mol. The monoisotopic (exact) mass is 290 g/mol. The average Bonchev–Trinajstić information content (AvgIpc) is 2.36. The second-order valence-electron chi connectivity index (χ2n) is 6.20. The van der Waals surface area contributed by atoms with Crippen molar-refractivity contribution in [2.45, 2.75) is 46.5 Å². The minimum atomic E-state index is 0. The summed E-state index contributed by atoms with van der Waals surface area (Å²) in [5.74, 6) is 2.09. The van der Waals surface area contributed by atoms with Crippen molar-refractivity contribution >= 4 is 18.3 Å². The van der Waals surface area contributed by atoms with E-state index in [9.17, 15) is 4.79 Å². The van der Waals surface area contributed by atoms with Crippen LogP contribution in [0.1, 0.15) is 46.5 Å². The third-order valence-electron chi connectivity index (χ3n) is 4.01. The van der Waals surface area contributed by atoms with Crippen LogP contribution in [0.5, 0.6) is 0 Å². The summed E-state index contributed by atoms with van der Waals surface area (Å²) < 4.78 is 0. The first-order valence-electron chi connectivity index (χ1n) is 7.48. The predicted octanol–water partition coefficient (Wildman–Crippen LogP) is 2.94. The molecule has 0 aliphatic carbocycles. The molecule has 1 unspecified atom stereocenters. The SMILES string of the molecule is CNCC(C)C(=O)N1CCC(CCC(C)C)CC1.Cl. The lowest BCUT2D eigenvalue weighted by Gasteiger charge is -2.34. The molecule has 0 aromatic rings. The Balaban J connectivity index is 0.00000324. The fraction of sp³-hybridized carbons (Fsp3) is 0.933. The molecule has 1 fully saturated rings. The molecule has 0 radical (unpaired) electrons. The molecule has 0 bridgehead atoms. The van der Waals surface area contributed by atoms with Crippen molar-refractivity contribution in [1.29, 1.82) is 0 Å². The largest absolute Gasteiger partial charge is 0.342 e. The molecular weight excluding hydrogens is 260 g/mol. The van der Waals surface area contributed by atoms with Crippen LogP contribution in [-0.4, -0.2) is 37.5 Å². The van der Waals surface area contributed by atoms with Gasteiger partial charge in [-0.3, -0.25) is 4.79 Å². The fourth-order valence-corrected chi connectivity index (χ4v) is 2.72. The second-order valence-corrected chi connectivity index (χ2v) is 6.20. The van der Waals surface area contributed by atoms with Crippen LogP contribution in [0.15, 0.2) is 0 Å². The number of hydrogen-bond acceptors (Lipinski definition) is 2. The van der Waals surface area contributed by atoms with Crippen molar-refractivity contribution in [1.82, 2.24) is 10.2 Å². The molecule has 0 saturated carbocycles. The summed E-state index contributed by atoms with van der Waals surface area (Å²) in [4.78, 5) is 14.2. The van der Waals surface area contributed by atoms with Gasteiger partial charge in [-0.1, -0.05) is 33.6 Å². The van der Waals surface area contributed by atoms with Crippen LogP contribution in [0, 0.1) is 17.8 Å². The fourth-order valence-electron chi connectivity index (χ4n) is 2.72. The number of carbonyl (C=O) groups is 1. The van der Waals surface area contributed by atoms with Gasteiger partial charge in [-0.2, -0.15) is 0 Å². The summed E-state index contributed by atoms with van der Waals surface area (Å²) in [5.41, 5.74) is 0. The summed E-state index contributed by atoms with van der Waals surface area (Å²) in [6.07, 6.45) is 5.07. The van der Waals surface area contributed by atoms with Gasteiger partial charge in [-0.05, 0) is 31.7 Å². The van der Waals surface area contributed by atoms with Crippen LogP contribution in [0.25, 0.3) is 0 Å². The molecule has 0 aromatic carbocycles. The highest BCUT2D eigenvalue weighted by atomic mass is 35.5. The normalized spacial score (nSPS) is 18.3. The topological polar surface area (TPSA) is 32.3 Å². The number of halogens is 1. The lowest BCUT2D eigenvalue weighted by molar-refractivity contribution is -0.136. The molecule has 1 N–H and O–H groups in total. The highest BCUT2D eigenvalue weighted by molar-refractivity contribution is 5.85. The Hall–Kier alpha value is -0.280. The van der Waals surface area contributed by atoms with Gasteiger partial charge in [0.2, 0.25) is 5.91 Å². The number of nitrogens with zero attached hydrogens (tertiary/aromatic N) is 1. The van der Waals surface area contributed by atoms with Crippen molar-refractivity contribution in [3.63, 3.8) is 0 Å².